The van der Waals surface area contributed by atoms with Crippen molar-refractivity contribution in [2.24, 2.45) is 0 Å². The topological polar surface area (TPSA) is 84.7 Å². The Hall–Kier alpha value is -1.95. The minimum absolute atomic E-state index is 0.142. The van der Waals surface area contributed by atoms with Gasteiger partial charge in [0.15, 0.2) is 0 Å². The van der Waals surface area contributed by atoms with Gasteiger partial charge in [0.1, 0.15) is 11.6 Å². The third-order valence-corrected chi connectivity index (χ3v) is 3.35. The third-order valence-electron chi connectivity index (χ3n) is 2.46. The maximum absolute atomic E-state index is 11.9. The van der Waals surface area contributed by atoms with Gasteiger partial charge in [0.2, 0.25) is 0 Å². The van der Waals surface area contributed by atoms with E-state index in [2.05, 4.69) is 14.3 Å². The fourth-order valence-corrected chi connectivity index (χ4v) is 2.61. The van der Waals surface area contributed by atoms with Crippen LogP contribution in [-0.4, -0.2) is 14.3 Å². The molecule has 0 bridgehead atoms. The molecular formula is C12H14N4OS. The SMILES string of the molecule is CC.Cc1nc2ccc3c(N)nsc3c2c(=O)[nH]1. The minimum atomic E-state index is -0.142. The van der Waals surface area contributed by atoms with E-state index in [0.717, 1.165) is 10.1 Å². The molecule has 0 radical (unpaired) electrons. The number of anilines is 1. The molecule has 2 heterocycles. The van der Waals surface area contributed by atoms with Gasteiger partial charge in [-0.15, -0.1) is 0 Å². The first kappa shape index (κ1) is 12.5. The fourth-order valence-electron chi connectivity index (χ4n) is 1.76. The molecule has 3 N–H and O–H groups in total. The lowest BCUT2D eigenvalue weighted by molar-refractivity contribution is 1.06. The summed E-state index contributed by atoms with van der Waals surface area (Å²) in [5, 5.41) is 1.38. The van der Waals surface area contributed by atoms with Crippen LogP contribution in [0.3, 0.4) is 0 Å². The van der Waals surface area contributed by atoms with Crippen molar-refractivity contribution in [3.8, 4) is 0 Å². The van der Waals surface area contributed by atoms with Crippen molar-refractivity contribution in [3.05, 3.63) is 28.3 Å². The molecule has 0 aliphatic rings. The normalized spacial score (nSPS) is 10.4. The number of hydrogen-bond acceptors (Lipinski definition) is 5. The number of nitrogen functional groups attached to an aromatic ring is 1. The maximum atomic E-state index is 11.9. The molecule has 5 nitrogen and oxygen atoms in total. The van der Waals surface area contributed by atoms with Crippen molar-refractivity contribution in [1.29, 1.82) is 0 Å². The molecule has 18 heavy (non-hydrogen) atoms. The number of nitrogens with one attached hydrogen (secondary N) is 1. The summed E-state index contributed by atoms with van der Waals surface area (Å²) in [6, 6.07) is 3.65. The molecule has 3 rings (SSSR count). The summed E-state index contributed by atoms with van der Waals surface area (Å²) in [6.45, 7) is 5.76. The highest BCUT2D eigenvalue weighted by molar-refractivity contribution is 7.14. The predicted octanol–water partition coefficient (Wildman–Crippen LogP) is 2.45. The van der Waals surface area contributed by atoms with Gasteiger partial charge in [-0.2, -0.15) is 4.37 Å². The van der Waals surface area contributed by atoms with Crippen LogP contribution in [0.5, 0.6) is 0 Å². The predicted molar refractivity (Wildman–Crippen MR) is 76.0 cm³/mol. The molecule has 6 heteroatoms. The monoisotopic (exact) mass is 262 g/mol. The highest BCUT2D eigenvalue weighted by atomic mass is 32.1. The lowest BCUT2D eigenvalue weighted by atomic mass is 10.2. The van der Waals surface area contributed by atoms with E-state index >= 15 is 0 Å². The number of aromatic nitrogens is 3. The van der Waals surface area contributed by atoms with Gasteiger partial charge in [0.05, 0.1) is 15.6 Å². The first-order valence-electron chi connectivity index (χ1n) is 5.71. The Balaban J connectivity index is 0.000000574. The van der Waals surface area contributed by atoms with E-state index in [1.54, 1.807) is 13.0 Å². The van der Waals surface area contributed by atoms with Gasteiger partial charge in [0, 0.05) is 5.39 Å². The average Bonchev–Trinajstić information content (AvgIpc) is 2.73. The molecule has 0 aliphatic carbocycles. The fraction of sp³-hybridized carbons (Fsp3) is 0.250. The van der Waals surface area contributed by atoms with Gasteiger partial charge < -0.3 is 10.7 Å². The zero-order valence-corrected chi connectivity index (χ0v) is 11.3. The molecule has 0 saturated carbocycles. The summed E-state index contributed by atoms with van der Waals surface area (Å²) in [6.07, 6.45) is 0. The number of aromatic amines is 1. The molecular weight excluding hydrogens is 248 g/mol. The largest absolute Gasteiger partial charge is 0.382 e. The van der Waals surface area contributed by atoms with Gasteiger partial charge in [-0.1, -0.05) is 13.8 Å². The smallest absolute Gasteiger partial charge is 0.260 e. The van der Waals surface area contributed by atoms with Crippen LogP contribution in [-0.2, 0) is 0 Å². The first-order chi connectivity index (χ1) is 8.66. The second-order valence-electron chi connectivity index (χ2n) is 3.56. The number of nitrogens with zero attached hydrogens (tertiary/aromatic N) is 2. The van der Waals surface area contributed by atoms with E-state index in [1.165, 1.54) is 11.5 Å². The molecule has 94 valence electrons. The summed E-state index contributed by atoms with van der Waals surface area (Å²) in [5.41, 5.74) is 6.25. The van der Waals surface area contributed by atoms with Crippen LogP contribution in [0, 0.1) is 6.92 Å². The van der Waals surface area contributed by atoms with Crippen LogP contribution in [0.25, 0.3) is 21.0 Å². The Morgan fingerprint density at radius 3 is 2.78 bits per heavy atom. The molecule has 0 amide bonds. The van der Waals surface area contributed by atoms with Crippen LogP contribution in [0.1, 0.15) is 19.7 Å². The Labute approximate surface area is 108 Å². The van der Waals surface area contributed by atoms with E-state index in [-0.39, 0.29) is 5.56 Å². The second-order valence-corrected chi connectivity index (χ2v) is 4.33. The molecule has 2 aromatic heterocycles. The Morgan fingerprint density at radius 2 is 2.06 bits per heavy atom. The highest BCUT2D eigenvalue weighted by Gasteiger charge is 2.10. The summed E-state index contributed by atoms with van der Waals surface area (Å²) < 4.78 is 4.84. The average molecular weight is 262 g/mol. The number of benzene rings is 1. The summed E-state index contributed by atoms with van der Waals surface area (Å²) in [7, 11) is 0. The molecule has 0 aliphatic heterocycles. The van der Waals surface area contributed by atoms with Crippen molar-refractivity contribution < 1.29 is 0 Å². The quantitative estimate of drug-likeness (QED) is 0.651. The van der Waals surface area contributed by atoms with Crippen LogP contribution in [0.15, 0.2) is 16.9 Å². The number of fused-ring (bicyclic) bond motifs is 3. The lowest BCUT2D eigenvalue weighted by Crippen LogP contribution is -2.09. The van der Waals surface area contributed by atoms with Crippen molar-refractivity contribution in [1.82, 2.24) is 14.3 Å². The Morgan fingerprint density at radius 1 is 1.33 bits per heavy atom. The maximum Gasteiger partial charge on any atom is 0.260 e. The van der Waals surface area contributed by atoms with Crippen LogP contribution < -0.4 is 11.3 Å². The molecule has 0 atom stereocenters. The highest BCUT2D eigenvalue weighted by Crippen LogP contribution is 2.29. The molecule has 0 unspecified atom stereocenters. The van der Waals surface area contributed by atoms with E-state index in [9.17, 15) is 4.79 Å². The van der Waals surface area contributed by atoms with Crippen molar-refractivity contribution in [3.63, 3.8) is 0 Å². The zero-order valence-electron chi connectivity index (χ0n) is 10.4. The number of hydrogen-bond donors (Lipinski definition) is 2. The van der Waals surface area contributed by atoms with E-state index in [4.69, 9.17) is 5.73 Å². The van der Waals surface area contributed by atoms with Crippen LogP contribution >= 0.6 is 11.5 Å². The van der Waals surface area contributed by atoms with Crippen LogP contribution in [0.2, 0.25) is 0 Å². The first-order valence-corrected chi connectivity index (χ1v) is 6.48. The molecule has 3 aromatic rings. The zero-order chi connectivity index (χ0) is 13.3. The molecule has 0 saturated heterocycles. The summed E-state index contributed by atoms with van der Waals surface area (Å²) in [5.74, 6) is 1.07. The van der Waals surface area contributed by atoms with Gasteiger partial charge in [0.25, 0.3) is 5.56 Å². The number of aryl methyl sites for hydroxylation is 1. The van der Waals surface area contributed by atoms with Crippen LogP contribution in [0.4, 0.5) is 5.82 Å². The lowest BCUT2D eigenvalue weighted by Gasteiger charge is -1.99. The van der Waals surface area contributed by atoms with Gasteiger partial charge in [-0.05, 0) is 30.6 Å². The standard InChI is InChI=1S/C10H8N4OS.C2H6/c1-4-12-6-3-2-5-8(16-14-9(5)11)7(6)10(15)13-4;1-2/h2-3H,1H3,(H2,11,14)(H,12,13,15);1-2H3. The van der Waals surface area contributed by atoms with E-state index < -0.39 is 0 Å². The Kier molecular flexibility index (Phi) is 3.29. The Bertz CT molecular complexity index is 760. The third kappa shape index (κ3) is 1.84. The van der Waals surface area contributed by atoms with E-state index in [1.807, 2.05) is 19.9 Å². The number of H-pyrrole nitrogens is 1. The minimum Gasteiger partial charge on any atom is -0.382 e. The van der Waals surface area contributed by atoms with Gasteiger partial charge in [-0.3, -0.25) is 4.79 Å². The van der Waals surface area contributed by atoms with Gasteiger partial charge >= 0.3 is 0 Å². The summed E-state index contributed by atoms with van der Waals surface area (Å²) in [4.78, 5) is 18.8. The molecule has 0 spiro atoms. The van der Waals surface area contributed by atoms with Gasteiger partial charge in [-0.25, -0.2) is 4.98 Å². The van der Waals surface area contributed by atoms with E-state index in [0.29, 0.717) is 22.5 Å². The number of rotatable bonds is 0. The number of nitrogens with two attached hydrogens (primary N) is 1. The summed E-state index contributed by atoms with van der Waals surface area (Å²) >= 11 is 1.23. The van der Waals surface area contributed by atoms with Crippen molar-refractivity contribution in [2.75, 3.05) is 5.73 Å². The van der Waals surface area contributed by atoms with Crippen molar-refractivity contribution in [2.45, 2.75) is 20.8 Å². The van der Waals surface area contributed by atoms with Crippen molar-refractivity contribution >= 4 is 38.3 Å². The molecule has 1 aromatic carbocycles. The second kappa shape index (κ2) is 4.73. The molecule has 0 fully saturated rings.